The van der Waals surface area contributed by atoms with Crippen LogP contribution < -0.4 is 10.1 Å². The van der Waals surface area contributed by atoms with E-state index in [0.29, 0.717) is 0 Å². The van der Waals surface area contributed by atoms with Gasteiger partial charge in [0.2, 0.25) is 0 Å². The van der Waals surface area contributed by atoms with Crippen LogP contribution in [0.2, 0.25) is 0 Å². The molecular weight excluding hydrogens is 242 g/mol. The quantitative estimate of drug-likeness (QED) is 0.900. The molecule has 1 aromatic carbocycles. The zero-order chi connectivity index (χ0) is 10.7. The van der Waals surface area contributed by atoms with Gasteiger partial charge in [-0.15, -0.1) is 0 Å². The maximum atomic E-state index is 5.40. The number of ether oxygens (including phenoxy) is 1. The largest absolute Gasteiger partial charge is 0.496 e. The average Bonchev–Trinajstić information content (AvgIpc) is 2.14. The Morgan fingerprint density at radius 2 is 2.07 bits per heavy atom. The zero-order valence-corrected chi connectivity index (χ0v) is 10.7. The Hall–Kier alpha value is -0.540. The van der Waals surface area contributed by atoms with Crippen molar-refractivity contribution in [3.05, 3.63) is 27.2 Å². The number of aryl methyl sites for hydroxylation is 1. The Morgan fingerprint density at radius 3 is 2.57 bits per heavy atom. The minimum atomic E-state index is 0.829. The Labute approximate surface area is 93.8 Å². The molecule has 1 rings (SSSR count). The molecular formula is C11H16BrNO. The first kappa shape index (κ1) is 11.5. The number of hydrogen-bond acceptors (Lipinski definition) is 2. The van der Waals surface area contributed by atoms with Gasteiger partial charge < -0.3 is 10.1 Å². The molecule has 1 aromatic rings. The molecule has 0 spiro atoms. The van der Waals surface area contributed by atoms with Crippen LogP contribution in [-0.2, 0) is 6.54 Å². The molecule has 0 aromatic heterocycles. The number of hydrogen-bond donors (Lipinski definition) is 1. The summed E-state index contributed by atoms with van der Waals surface area (Å²) in [5.41, 5.74) is 3.62. The van der Waals surface area contributed by atoms with Gasteiger partial charge in [-0.25, -0.2) is 0 Å². The van der Waals surface area contributed by atoms with Gasteiger partial charge in [-0.3, -0.25) is 0 Å². The van der Waals surface area contributed by atoms with Gasteiger partial charge >= 0.3 is 0 Å². The van der Waals surface area contributed by atoms with Crippen molar-refractivity contribution in [2.75, 3.05) is 14.2 Å². The van der Waals surface area contributed by atoms with Gasteiger partial charge in [0.25, 0.3) is 0 Å². The van der Waals surface area contributed by atoms with E-state index in [1.165, 1.54) is 11.1 Å². The molecule has 0 saturated carbocycles. The van der Waals surface area contributed by atoms with Crippen LogP contribution in [0.25, 0.3) is 0 Å². The number of methoxy groups -OCH3 is 1. The SMILES string of the molecule is CNCc1c(C)c(Br)cc(C)c1OC. The van der Waals surface area contributed by atoms with Crippen molar-refractivity contribution in [1.82, 2.24) is 5.32 Å². The predicted octanol–water partition coefficient (Wildman–Crippen LogP) is 2.79. The molecule has 0 unspecified atom stereocenters. The Morgan fingerprint density at radius 1 is 1.43 bits per heavy atom. The normalized spacial score (nSPS) is 10.4. The first-order valence-corrected chi connectivity index (χ1v) is 5.38. The Kier molecular flexibility index (Phi) is 3.96. The third-order valence-electron chi connectivity index (χ3n) is 2.34. The summed E-state index contributed by atoms with van der Waals surface area (Å²) in [6.07, 6.45) is 0. The zero-order valence-electron chi connectivity index (χ0n) is 9.07. The van der Waals surface area contributed by atoms with Gasteiger partial charge in [0, 0.05) is 16.6 Å². The summed E-state index contributed by atoms with van der Waals surface area (Å²) >= 11 is 3.55. The van der Waals surface area contributed by atoms with Crippen LogP contribution >= 0.6 is 15.9 Å². The Balaban J connectivity index is 3.32. The summed E-state index contributed by atoms with van der Waals surface area (Å²) in [5.74, 6) is 0.986. The predicted molar refractivity (Wildman–Crippen MR) is 62.9 cm³/mol. The molecule has 14 heavy (non-hydrogen) atoms. The van der Waals surface area contributed by atoms with Gasteiger partial charge in [-0.1, -0.05) is 15.9 Å². The molecule has 0 atom stereocenters. The monoisotopic (exact) mass is 257 g/mol. The molecule has 1 N–H and O–H groups in total. The lowest BCUT2D eigenvalue weighted by atomic mass is 10.0. The summed E-state index contributed by atoms with van der Waals surface area (Å²) in [6.45, 7) is 4.98. The molecule has 78 valence electrons. The van der Waals surface area contributed by atoms with E-state index in [-0.39, 0.29) is 0 Å². The van der Waals surface area contributed by atoms with Crippen molar-refractivity contribution in [2.45, 2.75) is 20.4 Å². The number of rotatable bonds is 3. The van der Waals surface area contributed by atoms with E-state index in [4.69, 9.17) is 4.74 Å². The first-order valence-electron chi connectivity index (χ1n) is 4.59. The van der Waals surface area contributed by atoms with Crippen LogP contribution in [0, 0.1) is 13.8 Å². The highest BCUT2D eigenvalue weighted by atomic mass is 79.9. The van der Waals surface area contributed by atoms with Crippen molar-refractivity contribution in [1.29, 1.82) is 0 Å². The third-order valence-corrected chi connectivity index (χ3v) is 3.17. The molecule has 0 radical (unpaired) electrons. The van der Waals surface area contributed by atoms with E-state index < -0.39 is 0 Å². The van der Waals surface area contributed by atoms with Crippen LogP contribution in [0.4, 0.5) is 0 Å². The second-order valence-electron chi connectivity index (χ2n) is 3.34. The van der Waals surface area contributed by atoms with E-state index in [9.17, 15) is 0 Å². The fraction of sp³-hybridized carbons (Fsp3) is 0.455. The van der Waals surface area contributed by atoms with Crippen LogP contribution in [0.3, 0.4) is 0 Å². The number of nitrogens with one attached hydrogen (secondary N) is 1. The highest BCUT2D eigenvalue weighted by Gasteiger charge is 2.11. The number of halogens is 1. The minimum absolute atomic E-state index is 0.829. The molecule has 0 fully saturated rings. The van der Waals surface area contributed by atoms with Crippen molar-refractivity contribution in [3.63, 3.8) is 0 Å². The third kappa shape index (κ3) is 2.10. The fourth-order valence-corrected chi connectivity index (χ4v) is 2.17. The van der Waals surface area contributed by atoms with Gasteiger partial charge in [0.1, 0.15) is 5.75 Å². The van der Waals surface area contributed by atoms with E-state index in [1.807, 2.05) is 7.05 Å². The fourth-order valence-electron chi connectivity index (χ4n) is 1.59. The Bertz CT molecular complexity index is 337. The highest BCUT2D eigenvalue weighted by Crippen LogP contribution is 2.31. The van der Waals surface area contributed by atoms with Gasteiger partial charge in [0.15, 0.2) is 0 Å². The standard InChI is InChI=1S/C11H16BrNO/c1-7-5-10(12)8(2)9(6-13-3)11(7)14-4/h5,13H,6H2,1-4H3. The molecule has 0 aliphatic rings. The second kappa shape index (κ2) is 4.80. The molecule has 0 bridgehead atoms. The number of benzene rings is 1. The summed E-state index contributed by atoms with van der Waals surface area (Å²) < 4.78 is 6.54. The smallest absolute Gasteiger partial charge is 0.126 e. The van der Waals surface area contributed by atoms with E-state index in [0.717, 1.165) is 22.3 Å². The topological polar surface area (TPSA) is 21.3 Å². The van der Waals surface area contributed by atoms with Gasteiger partial charge in [-0.05, 0) is 38.1 Å². The van der Waals surface area contributed by atoms with E-state index in [1.54, 1.807) is 7.11 Å². The minimum Gasteiger partial charge on any atom is -0.496 e. The molecule has 0 aliphatic heterocycles. The molecule has 3 heteroatoms. The highest BCUT2D eigenvalue weighted by molar-refractivity contribution is 9.10. The molecule has 0 heterocycles. The van der Waals surface area contributed by atoms with Crippen LogP contribution in [-0.4, -0.2) is 14.2 Å². The van der Waals surface area contributed by atoms with Crippen LogP contribution in [0.15, 0.2) is 10.5 Å². The lowest BCUT2D eigenvalue weighted by Gasteiger charge is -2.15. The second-order valence-corrected chi connectivity index (χ2v) is 4.20. The first-order chi connectivity index (χ1) is 6.61. The van der Waals surface area contributed by atoms with Crippen molar-refractivity contribution >= 4 is 15.9 Å². The summed E-state index contributed by atoms with van der Waals surface area (Å²) in [5, 5.41) is 3.15. The molecule has 0 aliphatic carbocycles. The van der Waals surface area contributed by atoms with Gasteiger partial charge in [-0.2, -0.15) is 0 Å². The summed E-state index contributed by atoms with van der Waals surface area (Å²) in [4.78, 5) is 0. The van der Waals surface area contributed by atoms with Crippen molar-refractivity contribution in [2.24, 2.45) is 0 Å². The lowest BCUT2D eigenvalue weighted by Crippen LogP contribution is -2.09. The lowest BCUT2D eigenvalue weighted by molar-refractivity contribution is 0.404. The van der Waals surface area contributed by atoms with E-state index in [2.05, 4.69) is 41.2 Å². The summed E-state index contributed by atoms with van der Waals surface area (Å²) in [7, 11) is 3.66. The molecule has 0 amide bonds. The van der Waals surface area contributed by atoms with Crippen molar-refractivity contribution < 1.29 is 4.74 Å². The van der Waals surface area contributed by atoms with Crippen LogP contribution in [0.1, 0.15) is 16.7 Å². The van der Waals surface area contributed by atoms with Crippen molar-refractivity contribution in [3.8, 4) is 5.75 Å². The van der Waals surface area contributed by atoms with Crippen LogP contribution in [0.5, 0.6) is 5.75 Å². The maximum absolute atomic E-state index is 5.40. The molecule has 0 saturated heterocycles. The summed E-state index contributed by atoms with van der Waals surface area (Å²) in [6, 6.07) is 2.09. The average molecular weight is 258 g/mol. The van der Waals surface area contributed by atoms with Gasteiger partial charge in [0.05, 0.1) is 7.11 Å². The maximum Gasteiger partial charge on any atom is 0.126 e. The molecule has 2 nitrogen and oxygen atoms in total. The van der Waals surface area contributed by atoms with E-state index >= 15 is 0 Å².